The first-order valence-electron chi connectivity index (χ1n) is 15.1. The predicted octanol–water partition coefficient (Wildman–Crippen LogP) is 4.41. The van der Waals surface area contributed by atoms with Gasteiger partial charge in [-0.1, -0.05) is 44.5 Å². The Labute approximate surface area is 259 Å². The first kappa shape index (κ1) is 33.4. The fourth-order valence-corrected chi connectivity index (χ4v) is 6.42. The van der Waals surface area contributed by atoms with E-state index in [1.165, 1.54) is 22.0 Å². The van der Waals surface area contributed by atoms with Crippen LogP contribution in [-0.2, 0) is 29.4 Å². The minimum absolute atomic E-state index is 0.00991. The van der Waals surface area contributed by atoms with E-state index in [4.69, 9.17) is 0 Å². The van der Waals surface area contributed by atoms with Gasteiger partial charge in [0.05, 0.1) is 36.3 Å². The van der Waals surface area contributed by atoms with Crippen molar-refractivity contribution in [3.8, 4) is 0 Å². The van der Waals surface area contributed by atoms with Crippen LogP contribution < -0.4 is 19.8 Å². The summed E-state index contributed by atoms with van der Waals surface area (Å²) in [7, 11) is -3.52. The number of rotatable bonds is 14. The number of sulfonamides is 1. The van der Waals surface area contributed by atoms with E-state index in [9.17, 15) is 27.1 Å². The fraction of sp³-hybridized carbons (Fsp3) is 0.424. The van der Waals surface area contributed by atoms with Gasteiger partial charge in [0.25, 0.3) is 5.91 Å². The van der Waals surface area contributed by atoms with Crippen molar-refractivity contribution >= 4 is 27.3 Å². The van der Waals surface area contributed by atoms with Crippen molar-refractivity contribution in [1.29, 1.82) is 0 Å². The highest BCUT2D eigenvalue weighted by Gasteiger charge is 2.30. The zero-order valence-electron chi connectivity index (χ0n) is 25.5. The molecule has 3 aromatic rings. The third kappa shape index (κ3) is 8.77. The maximum atomic E-state index is 14.0. The van der Waals surface area contributed by atoms with Crippen LogP contribution in [-0.4, -0.2) is 64.0 Å². The number of aliphatic hydroxyl groups is 1. The molecule has 1 aliphatic rings. The second-order valence-electron chi connectivity index (χ2n) is 11.3. The van der Waals surface area contributed by atoms with Crippen LogP contribution in [0.15, 0.2) is 60.7 Å². The van der Waals surface area contributed by atoms with Gasteiger partial charge in [0.15, 0.2) is 0 Å². The molecule has 0 unspecified atom stereocenters. The monoisotopic (exact) mass is 628 g/mol. The zero-order chi connectivity index (χ0) is 31.9. The molecule has 0 bridgehead atoms. The highest BCUT2D eigenvalue weighted by molar-refractivity contribution is 7.92. The van der Waals surface area contributed by atoms with E-state index in [1.54, 1.807) is 18.2 Å². The average Bonchev–Trinajstić information content (AvgIpc) is 2.98. The predicted molar refractivity (Wildman–Crippen MR) is 171 cm³/mol. The molecule has 0 radical (unpaired) electrons. The Balaban J connectivity index is 1.56. The molecule has 2 atom stereocenters. The minimum Gasteiger partial charge on any atom is -0.390 e. The van der Waals surface area contributed by atoms with Crippen LogP contribution in [0, 0.1) is 11.6 Å². The third-order valence-corrected chi connectivity index (χ3v) is 9.02. The Bertz CT molecular complexity index is 1530. The van der Waals surface area contributed by atoms with Gasteiger partial charge in [0, 0.05) is 37.8 Å². The first-order valence-corrected chi connectivity index (χ1v) is 16.9. The standard InChI is InChI=1S/C33H42F2N4O4S/c1-4-6-12-38-13-14-39(44(3,42)43)30-11-10-26(19-31(30)38)33(41)37-29(18-25-16-27(34)20-28(35)17-25)32(40)22-36-21-24-9-7-8-23(5-2)15-24/h7-11,15-17,19-20,29,32,36,40H,4-6,12-14,18,21-22H2,1-3H3,(H,37,41)/t29-,32-/m0/s1. The van der Waals surface area contributed by atoms with Gasteiger partial charge in [0.1, 0.15) is 11.6 Å². The highest BCUT2D eigenvalue weighted by Crippen LogP contribution is 2.35. The molecule has 1 amide bonds. The lowest BCUT2D eigenvalue weighted by Crippen LogP contribution is -2.49. The Kier molecular flexibility index (Phi) is 11.3. The number of halogens is 2. The second kappa shape index (κ2) is 15.0. The topological polar surface area (TPSA) is 102 Å². The number of fused-ring (bicyclic) bond motifs is 1. The zero-order valence-corrected chi connectivity index (χ0v) is 26.3. The van der Waals surface area contributed by atoms with Crippen LogP contribution in [0.5, 0.6) is 0 Å². The molecule has 1 aliphatic heterocycles. The molecule has 11 heteroatoms. The van der Waals surface area contributed by atoms with Gasteiger partial charge in [-0.25, -0.2) is 17.2 Å². The third-order valence-electron chi connectivity index (χ3n) is 7.84. The Morgan fingerprint density at radius 2 is 1.68 bits per heavy atom. The molecule has 3 N–H and O–H groups in total. The summed E-state index contributed by atoms with van der Waals surface area (Å²) >= 11 is 0. The Morgan fingerprint density at radius 3 is 2.36 bits per heavy atom. The van der Waals surface area contributed by atoms with E-state index < -0.39 is 39.7 Å². The van der Waals surface area contributed by atoms with Crippen LogP contribution >= 0.6 is 0 Å². The van der Waals surface area contributed by atoms with E-state index in [2.05, 4.69) is 35.4 Å². The van der Waals surface area contributed by atoms with Crippen LogP contribution in [0.25, 0.3) is 0 Å². The van der Waals surface area contributed by atoms with Crippen LogP contribution in [0.3, 0.4) is 0 Å². The van der Waals surface area contributed by atoms with Crippen molar-refractivity contribution in [3.63, 3.8) is 0 Å². The molecule has 0 aliphatic carbocycles. The lowest BCUT2D eigenvalue weighted by Gasteiger charge is -2.38. The van der Waals surface area contributed by atoms with Gasteiger partial charge in [0.2, 0.25) is 10.0 Å². The average molecular weight is 629 g/mol. The summed E-state index contributed by atoms with van der Waals surface area (Å²) in [6, 6.07) is 15.2. The fourth-order valence-electron chi connectivity index (χ4n) is 5.49. The smallest absolute Gasteiger partial charge is 0.251 e. The summed E-state index contributed by atoms with van der Waals surface area (Å²) in [5.41, 5.74) is 3.97. The number of aliphatic hydroxyl groups excluding tert-OH is 1. The van der Waals surface area contributed by atoms with E-state index >= 15 is 0 Å². The number of unbranched alkanes of at least 4 members (excludes halogenated alkanes) is 1. The van der Waals surface area contributed by atoms with E-state index in [-0.39, 0.29) is 18.5 Å². The van der Waals surface area contributed by atoms with Crippen molar-refractivity contribution in [2.24, 2.45) is 0 Å². The highest BCUT2D eigenvalue weighted by atomic mass is 32.2. The lowest BCUT2D eigenvalue weighted by molar-refractivity contribution is 0.0830. The molecule has 4 rings (SSSR count). The quantitative estimate of drug-likeness (QED) is 0.245. The molecule has 238 valence electrons. The summed E-state index contributed by atoms with van der Waals surface area (Å²) in [6.07, 6.45) is 2.83. The summed E-state index contributed by atoms with van der Waals surface area (Å²) in [4.78, 5) is 15.7. The Hall–Kier alpha value is -3.54. The SMILES string of the molecule is CCCCN1CCN(S(C)(=O)=O)c2ccc(C(=O)N[C@@H](Cc3cc(F)cc(F)c3)[C@@H](O)CNCc3cccc(CC)c3)cc21. The minimum atomic E-state index is -3.52. The van der Waals surface area contributed by atoms with Crippen molar-refractivity contribution in [3.05, 3.63) is 94.6 Å². The number of anilines is 2. The molecule has 8 nitrogen and oxygen atoms in total. The van der Waals surface area contributed by atoms with Gasteiger partial charge in [-0.2, -0.15) is 0 Å². The molecule has 0 fully saturated rings. The number of nitrogens with zero attached hydrogens (tertiary/aromatic N) is 2. The number of carbonyl (C=O) groups excluding carboxylic acids is 1. The van der Waals surface area contributed by atoms with Crippen molar-refractivity contribution in [1.82, 2.24) is 10.6 Å². The van der Waals surface area contributed by atoms with E-state index in [0.717, 1.165) is 37.1 Å². The lowest BCUT2D eigenvalue weighted by atomic mass is 9.99. The largest absolute Gasteiger partial charge is 0.390 e. The summed E-state index contributed by atoms with van der Waals surface area (Å²) in [5.74, 6) is -1.98. The van der Waals surface area contributed by atoms with Crippen LogP contribution in [0.4, 0.5) is 20.2 Å². The summed E-state index contributed by atoms with van der Waals surface area (Å²) in [5, 5.41) is 17.3. The number of hydrogen-bond donors (Lipinski definition) is 3. The van der Waals surface area contributed by atoms with Gasteiger partial charge in [-0.15, -0.1) is 0 Å². The molecule has 44 heavy (non-hydrogen) atoms. The van der Waals surface area contributed by atoms with Crippen LogP contribution in [0.2, 0.25) is 0 Å². The molecule has 3 aromatic carbocycles. The maximum Gasteiger partial charge on any atom is 0.251 e. The van der Waals surface area contributed by atoms with Crippen LogP contribution in [0.1, 0.15) is 53.7 Å². The van der Waals surface area contributed by atoms with Crippen molar-refractivity contribution < 1.29 is 27.1 Å². The maximum absolute atomic E-state index is 14.0. The second-order valence-corrected chi connectivity index (χ2v) is 13.2. The summed E-state index contributed by atoms with van der Waals surface area (Å²) in [6.45, 7) is 6.29. The van der Waals surface area contributed by atoms with E-state index in [0.29, 0.717) is 43.1 Å². The van der Waals surface area contributed by atoms with Crippen molar-refractivity contribution in [2.45, 2.75) is 58.2 Å². The molecule has 0 saturated heterocycles. The normalized spacial score (nSPS) is 14.7. The van der Waals surface area contributed by atoms with Gasteiger partial charge < -0.3 is 20.6 Å². The van der Waals surface area contributed by atoms with Gasteiger partial charge >= 0.3 is 0 Å². The molecule has 0 spiro atoms. The van der Waals surface area contributed by atoms with Gasteiger partial charge in [-0.05, 0) is 66.3 Å². The summed E-state index contributed by atoms with van der Waals surface area (Å²) < 4.78 is 54.3. The number of aryl methyl sites for hydroxylation is 1. The Morgan fingerprint density at radius 1 is 0.955 bits per heavy atom. The molecule has 1 heterocycles. The van der Waals surface area contributed by atoms with Crippen molar-refractivity contribution in [2.75, 3.05) is 41.6 Å². The van der Waals surface area contributed by atoms with Gasteiger partial charge in [-0.3, -0.25) is 9.10 Å². The van der Waals surface area contributed by atoms with E-state index in [1.807, 2.05) is 18.2 Å². The number of hydrogen-bond acceptors (Lipinski definition) is 6. The number of carbonyl (C=O) groups is 1. The first-order chi connectivity index (χ1) is 21.0. The molecular weight excluding hydrogens is 586 g/mol. The number of amides is 1. The molecule has 0 saturated carbocycles. The molecular formula is C33H42F2N4O4S. The number of benzene rings is 3. The number of nitrogens with one attached hydrogen (secondary N) is 2. The molecule has 0 aromatic heterocycles.